The molecule has 2 aromatic rings. The lowest BCUT2D eigenvalue weighted by Gasteiger charge is -2.13. The van der Waals surface area contributed by atoms with Gasteiger partial charge >= 0.3 is 11.4 Å². The molecule has 0 atom stereocenters. The van der Waals surface area contributed by atoms with Crippen LogP contribution in [0.15, 0.2) is 15.7 Å². The van der Waals surface area contributed by atoms with Crippen molar-refractivity contribution >= 4 is 11.6 Å². The Labute approximate surface area is 120 Å². The molecule has 20 heavy (non-hydrogen) atoms. The van der Waals surface area contributed by atoms with E-state index in [0.29, 0.717) is 24.1 Å². The number of halogens is 1. The van der Waals surface area contributed by atoms with Gasteiger partial charge in [0.2, 0.25) is 0 Å². The van der Waals surface area contributed by atoms with Gasteiger partial charge in [0.05, 0.1) is 0 Å². The summed E-state index contributed by atoms with van der Waals surface area (Å²) in [5, 5.41) is 0.311. The largest absolute Gasteiger partial charge is 0.353 e. The number of nitrogens with zero attached hydrogens (tertiary/aromatic N) is 4. The molecule has 0 bridgehead atoms. The van der Waals surface area contributed by atoms with Crippen molar-refractivity contribution in [1.82, 2.24) is 18.9 Å². The molecular weight excluding hydrogens is 280 g/mol. The summed E-state index contributed by atoms with van der Waals surface area (Å²) in [6.45, 7) is 4.80. The molecule has 6 nitrogen and oxygen atoms in total. The monoisotopic (exact) mass is 294 g/mol. The quantitative estimate of drug-likeness (QED) is 0.744. The molecule has 0 fully saturated rings. The number of aryl methyl sites for hydroxylation is 2. The smallest absolute Gasteiger partial charge is 0.245 e. The molecule has 0 N–H and O–H groups in total. The summed E-state index contributed by atoms with van der Waals surface area (Å²) < 4.78 is 4.09. The van der Waals surface area contributed by atoms with Crippen molar-refractivity contribution < 1.29 is 0 Å². The zero-order valence-electron chi connectivity index (χ0n) is 11.4. The Morgan fingerprint density at radius 2 is 1.60 bits per heavy atom. The lowest BCUT2D eigenvalue weighted by Crippen LogP contribution is -2.30. The Morgan fingerprint density at radius 1 is 1.05 bits per heavy atom. The third-order valence-corrected chi connectivity index (χ3v) is 4.02. The maximum atomic E-state index is 12.4. The molecule has 0 radical (unpaired) electrons. The minimum Gasteiger partial charge on any atom is -0.245 e. The van der Waals surface area contributed by atoms with Crippen molar-refractivity contribution in [2.45, 2.75) is 39.8 Å². The topological polar surface area (TPSA) is 61.8 Å². The van der Waals surface area contributed by atoms with Crippen molar-refractivity contribution in [1.29, 1.82) is 0 Å². The van der Waals surface area contributed by atoms with Crippen LogP contribution in [0.5, 0.6) is 0 Å². The molecule has 0 spiro atoms. The van der Waals surface area contributed by atoms with Crippen LogP contribution in [0.3, 0.4) is 0 Å². The van der Waals surface area contributed by atoms with Gasteiger partial charge in [0.25, 0.3) is 0 Å². The van der Waals surface area contributed by atoms with Gasteiger partial charge in [-0.2, -0.15) is 4.57 Å². The second kappa shape index (κ2) is 4.63. The fraction of sp³-hybridized carbons (Fsp3) is 0.462. The summed E-state index contributed by atoms with van der Waals surface area (Å²) in [5.74, 6) is 0.324. The van der Waals surface area contributed by atoms with Gasteiger partial charge < -0.3 is 0 Å². The van der Waals surface area contributed by atoms with Crippen LogP contribution in [0.2, 0.25) is 5.15 Å². The van der Waals surface area contributed by atoms with E-state index in [1.54, 1.807) is 0 Å². The number of hydrogen-bond acceptors (Lipinski definition) is 3. The lowest BCUT2D eigenvalue weighted by atomic mass is 10.2. The van der Waals surface area contributed by atoms with Crippen molar-refractivity contribution in [2.75, 3.05) is 0 Å². The van der Waals surface area contributed by atoms with E-state index in [9.17, 15) is 9.59 Å². The van der Waals surface area contributed by atoms with Gasteiger partial charge in [-0.25, -0.2) is 23.9 Å². The van der Waals surface area contributed by atoms with Gasteiger partial charge in [-0.15, -0.1) is 0 Å². The molecule has 106 valence electrons. The first-order valence-electron chi connectivity index (χ1n) is 6.57. The minimum atomic E-state index is -0.342. The van der Waals surface area contributed by atoms with Gasteiger partial charge in [0.1, 0.15) is 11.0 Å². The molecule has 0 amide bonds. The van der Waals surface area contributed by atoms with Crippen LogP contribution in [0.1, 0.15) is 24.0 Å². The van der Waals surface area contributed by atoms with Gasteiger partial charge in [-0.3, -0.25) is 0 Å². The van der Waals surface area contributed by atoms with Crippen molar-refractivity contribution in [2.24, 2.45) is 0 Å². The Kier molecular flexibility index (Phi) is 3.05. The predicted molar refractivity (Wildman–Crippen MR) is 75.8 cm³/mol. The molecule has 0 aromatic carbocycles. The highest BCUT2D eigenvalue weighted by Gasteiger charge is 2.21. The van der Waals surface area contributed by atoms with Crippen LogP contribution >= 0.6 is 11.6 Å². The van der Waals surface area contributed by atoms with E-state index < -0.39 is 0 Å². The minimum absolute atomic E-state index is 0.311. The number of aromatic nitrogens is 4. The van der Waals surface area contributed by atoms with E-state index in [2.05, 4.69) is 4.98 Å². The Bertz CT molecular complexity index is 762. The maximum Gasteiger partial charge on any atom is 0.353 e. The number of fused-ring (bicyclic) bond motifs is 1. The predicted octanol–water partition coefficient (Wildman–Crippen LogP) is 1.26. The Hall–Kier alpha value is -1.82. The molecule has 3 heterocycles. The Morgan fingerprint density at radius 3 is 2.15 bits per heavy atom. The molecule has 2 aromatic heterocycles. The van der Waals surface area contributed by atoms with Gasteiger partial charge in [-0.1, -0.05) is 11.6 Å². The number of hydrogen-bond donors (Lipinski definition) is 0. The van der Waals surface area contributed by atoms with Crippen LogP contribution in [0.25, 0.3) is 5.82 Å². The van der Waals surface area contributed by atoms with E-state index in [1.165, 1.54) is 9.36 Å². The third-order valence-electron chi connectivity index (χ3n) is 3.63. The molecule has 0 saturated heterocycles. The highest BCUT2D eigenvalue weighted by atomic mass is 35.5. The average molecular weight is 295 g/mol. The van der Waals surface area contributed by atoms with Crippen molar-refractivity contribution in [3.05, 3.63) is 43.3 Å². The van der Waals surface area contributed by atoms with E-state index in [-0.39, 0.29) is 11.4 Å². The third kappa shape index (κ3) is 1.83. The van der Waals surface area contributed by atoms with Crippen molar-refractivity contribution in [3.8, 4) is 5.82 Å². The molecule has 0 saturated carbocycles. The molecular formula is C13H15ClN4O2. The van der Waals surface area contributed by atoms with Gasteiger partial charge in [-0.05, 0) is 43.9 Å². The van der Waals surface area contributed by atoms with E-state index in [4.69, 9.17) is 11.6 Å². The normalized spacial score (nSPS) is 14.3. The number of pyridine rings is 1. The molecule has 0 unspecified atom stereocenters. The highest BCUT2D eigenvalue weighted by molar-refractivity contribution is 6.30. The zero-order chi connectivity index (χ0) is 14.4. The summed E-state index contributed by atoms with van der Waals surface area (Å²) >= 11 is 6.02. The SMILES string of the molecule is Cc1cc(C)c(-n2c(=O)n3n(c2=O)CCCC3)nc1Cl. The summed E-state index contributed by atoms with van der Waals surface area (Å²) in [7, 11) is 0. The van der Waals surface area contributed by atoms with E-state index in [1.807, 2.05) is 19.9 Å². The second-order valence-corrected chi connectivity index (χ2v) is 5.45. The van der Waals surface area contributed by atoms with E-state index >= 15 is 0 Å². The zero-order valence-corrected chi connectivity index (χ0v) is 12.1. The molecule has 7 heteroatoms. The highest BCUT2D eigenvalue weighted by Crippen LogP contribution is 2.18. The number of rotatable bonds is 1. The molecule has 0 aliphatic carbocycles. The molecule has 1 aliphatic heterocycles. The van der Waals surface area contributed by atoms with Gasteiger partial charge in [0, 0.05) is 13.1 Å². The van der Waals surface area contributed by atoms with E-state index in [0.717, 1.165) is 28.5 Å². The van der Waals surface area contributed by atoms with Gasteiger partial charge in [0.15, 0.2) is 0 Å². The molecule has 3 rings (SSSR count). The second-order valence-electron chi connectivity index (χ2n) is 5.09. The van der Waals surface area contributed by atoms with Crippen LogP contribution < -0.4 is 11.4 Å². The lowest BCUT2D eigenvalue weighted by molar-refractivity contribution is 0.348. The summed E-state index contributed by atoms with van der Waals surface area (Å²) in [4.78, 5) is 29.0. The first-order valence-corrected chi connectivity index (χ1v) is 6.95. The Balaban J connectivity index is 2.31. The summed E-state index contributed by atoms with van der Waals surface area (Å²) in [5.41, 5.74) is 0.898. The fourth-order valence-corrected chi connectivity index (χ4v) is 2.74. The first-order chi connectivity index (χ1) is 9.50. The summed E-state index contributed by atoms with van der Waals surface area (Å²) in [6.07, 6.45) is 1.81. The van der Waals surface area contributed by atoms with Crippen LogP contribution in [-0.2, 0) is 13.1 Å². The van der Waals surface area contributed by atoms with Crippen LogP contribution in [0.4, 0.5) is 0 Å². The fourth-order valence-electron chi connectivity index (χ4n) is 2.60. The summed E-state index contributed by atoms with van der Waals surface area (Å²) in [6, 6.07) is 1.83. The van der Waals surface area contributed by atoms with Crippen molar-refractivity contribution in [3.63, 3.8) is 0 Å². The average Bonchev–Trinajstić information content (AvgIpc) is 2.68. The van der Waals surface area contributed by atoms with Crippen LogP contribution in [0, 0.1) is 13.8 Å². The molecule has 1 aliphatic rings. The standard InChI is InChI=1S/C13H15ClN4O2/c1-8-7-9(2)11(15-10(8)14)18-12(19)16-5-3-4-6-17(16)13(18)20/h7H,3-6H2,1-2H3. The van der Waals surface area contributed by atoms with Crippen LogP contribution in [-0.4, -0.2) is 18.9 Å². The first kappa shape index (κ1) is 13.2. The maximum absolute atomic E-state index is 12.4.